The molecule has 34 heavy (non-hydrogen) atoms. The Hall–Kier alpha value is -3.26. The number of hydrogen-bond acceptors (Lipinski definition) is 5. The second-order valence-electron chi connectivity index (χ2n) is 8.99. The van der Waals surface area contributed by atoms with Gasteiger partial charge in [-0.2, -0.15) is 5.10 Å². The maximum Gasteiger partial charge on any atom is 0.262 e. The van der Waals surface area contributed by atoms with E-state index < -0.39 is 0 Å². The summed E-state index contributed by atoms with van der Waals surface area (Å²) < 4.78 is 3.52. The van der Waals surface area contributed by atoms with E-state index in [0.29, 0.717) is 13.1 Å². The summed E-state index contributed by atoms with van der Waals surface area (Å²) in [6.45, 7) is 4.93. The number of thiophene rings is 1. The van der Waals surface area contributed by atoms with Gasteiger partial charge >= 0.3 is 0 Å². The molecule has 3 aromatic heterocycles. The summed E-state index contributed by atoms with van der Waals surface area (Å²) in [4.78, 5) is 32.1. The maximum atomic E-state index is 13.0. The standard InChI is InChI=1S/C26H29N5O2S/c1-17-15-18(2)31(29-17)20-9-7-19(8-10-20)11-13-27-23(32)12-14-30-16-28-25-24(26(30)33)21-5-3-4-6-22(21)34-25/h7-10,15-16H,3-6,11-14H2,1-2H3,(H,27,32). The fourth-order valence-electron chi connectivity index (χ4n) is 4.69. The number of amides is 1. The van der Waals surface area contributed by atoms with E-state index >= 15 is 0 Å². The first kappa shape index (κ1) is 22.5. The van der Waals surface area contributed by atoms with Gasteiger partial charge in [-0.15, -0.1) is 11.3 Å². The van der Waals surface area contributed by atoms with Crippen LogP contribution in [0.15, 0.2) is 41.5 Å². The van der Waals surface area contributed by atoms with Gasteiger partial charge in [-0.05, 0) is 75.3 Å². The van der Waals surface area contributed by atoms with E-state index in [2.05, 4.69) is 45.7 Å². The van der Waals surface area contributed by atoms with Crippen molar-refractivity contribution in [3.63, 3.8) is 0 Å². The first-order valence-electron chi connectivity index (χ1n) is 11.9. The molecule has 0 radical (unpaired) electrons. The fraction of sp³-hybridized carbons (Fsp3) is 0.385. The summed E-state index contributed by atoms with van der Waals surface area (Å²) in [7, 11) is 0. The van der Waals surface area contributed by atoms with Crippen molar-refractivity contribution in [1.29, 1.82) is 0 Å². The highest BCUT2D eigenvalue weighted by molar-refractivity contribution is 7.18. The van der Waals surface area contributed by atoms with Crippen molar-refractivity contribution in [1.82, 2.24) is 24.6 Å². The Balaban J connectivity index is 1.14. The Morgan fingerprint density at radius 3 is 2.71 bits per heavy atom. The quantitative estimate of drug-likeness (QED) is 0.440. The summed E-state index contributed by atoms with van der Waals surface area (Å²) in [6, 6.07) is 10.3. The molecule has 1 aromatic carbocycles. The van der Waals surface area contributed by atoms with E-state index in [1.165, 1.54) is 16.9 Å². The van der Waals surface area contributed by atoms with E-state index in [-0.39, 0.29) is 17.9 Å². The van der Waals surface area contributed by atoms with Crippen LogP contribution in [0.3, 0.4) is 0 Å². The molecule has 0 unspecified atom stereocenters. The summed E-state index contributed by atoms with van der Waals surface area (Å²) in [6.07, 6.45) is 6.91. The molecule has 1 amide bonds. The van der Waals surface area contributed by atoms with Crippen LogP contribution in [0.5, 0.6) is 0 Å². The van der Waals surface area contributed by atoms with E-state index in [0.717, 1.165) is 58.5 Å². The molecule has 3 heterocycles. The van der Waals surface area contributed by atoms with Gasteiger partial charge in [-0.1, -0.05) is 12.1 Å². The Labute approximate surface area is 202 Å². The molecule has 0 bridgehead atoms. The largest absolute Gasteiger partial charge is 0.356 e. The number of aryl methyl sites for hydroxylation is 5. The molecule has 1 aliphatic rings. The summed E-state index contributed by atoms with van der Waals surface area (Å²) in [5, 5.41) is 8.25. The third-order valence-electron chi connectivity index (χ3n) is 6.45. The average molecular weight is 476 g/mol. The summed E-state index contributed by atoms with van der Waals surface area (Å²) in [5.41, 5.74) is 5.45. The topological polar surface area (TPSA) is 81.8 Å². The number of nitrogens with zero attached hydrogens (tertiary/aromatic N) is 4. The molecule has 0 aliphatic heterocycles. The van der Waals surface area contributed by atoms with Gasteiger partial charge in [0.25, 0.3) is 5.56 Å². The first-order chi connectivity index (χ1) is 16.5. The van der Waals surface area contributed by atoms with Crippen molar-refractivity contribution < 1.29 is 4.79 Å². The molecule has 0 spiro atoms. The normalized spacial score (nSPS) is 13.2. The maximum absolute atomic E-state index is 13.0. The van der Waals surface area contributed by atoms with E-state index in [1.54, 1.807) is 22.2 Å². The monoisotopic (exact) mass is 475 g/mol. The Kier molecular flexibility index (Phi) is 6.32. The Morgan fingerprint density at radius 1 is 1.15 bits per heavy atom. The number of hydrogen-bond donors (Lipinski definition) is 1. The van der Waals surface area contributed by atoms with Crippen molar-refractivity contribution in [3.8, 4) is 5.69 Å². The molecule has 0 saturated heterocycles. The fourth-order valence-corrected chi connectivity index (χ4v) is 5.91. The second kappa shape index (κ2) is 9.54. The van der Waals surface area contributed by atoms with Crippen LogP contribution in [0.25, 0.3) is 15.9 Å². The van der Waals surface area contributed by atoms with Crippen molar-refractivity contribution in [2.75, 3.05) is 6.54 Å². The van der Waals surface area contributed by atoms with Crippen molar-refractivity contribution in [2.24, 2.45) is 0 Å². The predicted molar refractivity (Wildman–Crippen MR) is 135 cm³/mol. The van der Waals surface area contributed by atoms with Crippen molar-refractivity contribution >= 4 is 27.5 Å². The van der Waals surface area contributed by atoms with E-state index in [4.69, 9.17) is 0 Å². The van der Waals surface area contributed by atoms with E-state index in [1.807, 2.05) is 18.5 Å². The Bertz CT molecular complexity index is 1400. The Morgan fingerprint density at radius 2 is 1.94 bits per heavy atom. The van der Waals surface area contributed by atoms with E-state index in [9.17, 15) is 9.59 Å². The molecule has 1 aliphatic carbocycles. The highest BCUT2D eigenvalue weighted by Crippen LogP contribution is 2.33. The summed E-state index contributed by atoms with van der Waals surface area (Å²) >= 11 is 1.65. The molecule has 0 saturated carbocycles. The molecular weight excluding hydrogens is 446 g/mol. The minimum Gasteiger partial charge on any atom is -0.356 e. The highest BCUT2D eigenvalue weighted by Gasteiger charge is 2.20. The molecule has 4 aromatic rings. The van der Waals surface area contributed by atoms with Crippen LogP contribution in [-0.2, 0) is 30.6 Å². The lowest BCUT2D eigenvalue weighted by atomic mass is 9.97. The van der Waals surface area contributed by atoms with Gasteiger partial charge in [0.2, 0.25) is 5.91 Å². The predicted octanol–water partition coefficient (Wildman–Crippen LogP) is 3.89. The van der Waals surface area contributed by atoms with Gasteiger partial charge in [0.05, 0.1) is 23.1 Å². The van der Waals surface area contributed by atoms with Crippen LogP contribution >= 0.6 is 11.3 Å². The number of carbonyl (C=O) groups is 1. The highest BCUT2D eigenvalue weighted by atomic mass is 32.1. The van der Waals surface area contributed by atoms with Gasteiger partial charge in [0.1, 0.15) is 4.83 Å². The minimum atomic E-state index is -0.0568. The summed E-state index contributed by atoms with van der Waals surface area (Å²) in [5.74, 6) is -0.0568. The number of aromatic nitrogens is 4. The number of benzene rings is 1. The molecule has 5 rings (SSSR count). The van der Waals surface area contributed by atoms with Gasteiger partial charge in [0, 0.05) is 30.1 Å². The zero-order valence-electron chi connectivity index (χ0n) is 19.6. The van der Waals surface area contributed by atoms with Gasteiger partial charge < -0.3 is 5.32 Å². The molecule has 0 fully saturated rings. The minimum absolute atomic E-state index is 0.0140. The van der Waals surface area contributed by atoms with Crippen molar-refractivity contribution in [3.05, 3.63) is 74.4 Å². The smallest absolute Gasteiger partial charge is 0.262 e. The van der Waals surface area contributed by atoms with Crippen LogP contribution in [-0.4, -0.2) is 31.8 Å². The number of rotatable bonds is 7. The molecular formula is C26H29N5O2S. The molecule has 8 heteroatoms. The van der Waals surface area contributed by atoms with Crippen LogP contribution < -0.4 is 10.9 Å². The number of carbonyl (C=O) groups excluding carboxylic acids is 1. The number of fused-ring (bicyclic) bond motifs is 3. The molecule has 7 nitrogen and oxygen atoms in total. The van der Waals surface area contributed by atoms with Gasteiger partial charge in [-0.3, -0.25) is 14.2 Å². The van der Waals surface area contributed by atoms with Crippen LogP contribution in [0.4, 0.5) is 0 Å². The molecule has 1 N–H and O–H groups in total. The SMILES string of the molecule is Cc1cc(C)n(-c2ccc(CCNC(=O)CCn3cnc4sc5c(c4c3=O)CCCC5)cc2)n1. The molecule has 0 atom stereocenters. The van der Waals surface area contributed by atoms with Crippen LogP contribution in [0.2, 0.25) is 0 Å². The second-order valence-corrected chi connectivity index (χ2v) is 10.1. The lowest BCUT2D eigenvalue weighted by molar-refractivity contribution is -0.121. The third-order valence-corrected chi connectivity index (χ3v) is 7.65. The van der Waals surface area contributed by atoms with Crippen molar-refractivity contribution in [2.45, 2.75) is 58.9 Å². The zero-order valence-corrected chi connectivity index (χ0v) is 20.5. The zero-order chi connectivity index (χ0) is 23.7. The van der Waals surface area contributed by atoms with Crippen LogP contribution in [0, 0.1) is 13.8 Å². The number of nitrogens with one attached hydrogen (secondary N) is 1. The lowest BCUT2D eigenvalue weighted by Crippen LogP contribution is -2.29. The van der Waals surface area contributed by atoms with Crippen LogP contribution in [0.1, 0.15) is 46.7 Å². The third kappa shape index (κ3) is 4.55. The lowest BCUT2D eigenvalue weighted by Gasteiger charge is -2.10. The average Bonchev–Trinajstić information content (AvgIpc) is 3.38. The first-order valence-corrected chi connectivity index (χ1v) is 12.7. The molecule has 176 valence electrons. The van der Waals surface area contributed by atoms with Gasteiger partial charge in [-0.25, -0.2) is 9.67 Å². The van der Waals surface area contributed by atoms with Gasteiger partial charge in [0.15, 0.2) is 0 Å².